The summed E-state index contributed by atoms with van der Waals surface area (Å²) in [5.74, 6) is 0.364. The summed E-state index contributed by atoms with van der Waals surface area (Å²) in [5.41, 5.74) is 3.73. The van der Waals surface area contributed by atoms with Gasteiger partial charge in [0, 0.05) is 36.3 Å². The lowest BCUT2D eigenvalue weighted by Gasteiger charge is -2.15. The number of hydrogen-bond acceptors (Lipinski definition) is 6. The van der Waals surface area contributed by atoms with Gasteiger partial charge in [-0.2, -0.15) is 5.10 Å². The van der Waals surface area contributed by atoms with E-state index in [1.54, 1.807) is 19.3 Å². The van der Waals surface area contributed by atoms with Crippen molar-refractivity contribution in [2.45, 2.75) is 26.5 Å². The number of nitrogens with zero attached hydrogens (tertiary/aromatic N) is 2. The topological polar surface area (TPSA) is 118 Å². The number of carbonyl (C=O) groups is 2. The van der Waals surface area contributed by atoms with Crippen LogP contribution in [0.15, 0.2) is 54.7 Å². The van der Waals surface area contributed by atoms with Crippen LogP contribution in [0.4, 0.5) is 0 Å². The first-order valence-corrected chi connectivity index (χ1v) is 11.2. The third-order valence-electron chi connectivity index (χ3n) is 5.40. The molecule has 2 heterocycles. The molecule has 4 rings (SSSR count). The Morgan fingerprint density at radius 1 is 1.06 bits per heavy atom. The highest BCUT2D eigenvalue weighted by atomic mass is 16.5. The van der Waals surface area contributed by atoms with Gasteiger partial charge in [0.25, 0.3) is 11.8 Å². The molecular formula is C26H27N5O4. The molecule has 2 amide bonds. The third-order valence-corrected chi connectivity index (χ3v) is 5.40. The smallest absolute Gasteiger partial charge is 0.272 e. The second-order valence-corrected chi connectivity index (χ2v) is 8.15. The average molecular weight is 474 g/mol. The van der Waals surface area contributed by atoms with Crippen molar-refractivity contribution in [3.63, 3.8) is 0 Å². The van der Waals surface area contributed by atoms with Gasteiger partial charge in [0.1, 0.15) is 11.3 Å². The summed E-state index contributed by atoms with van der Waals surface area (Å²) in [6.07, 6.45) is 1.66. The first-order valence-electron chi connectivity index (χ1n) is 11.2. The third kappa shape index (κ3) is 5.08. The van der Waals surface area contributed by atoms with Crippen LogP contribution in [-0.4, -0.2) is 47.3 Å². The molecule has 0 radical (unpaired) electrons. The fourth-order valence-corrected chi connectivity index (χ4v) is 3.72. The van der Waals surface area contributed by atoms with Crippen LogP contribution < -0.4 is 20.1 Å². The molecule has 0 spiro atoms. The highest BCUT2D eigenvalue weighted by Gasteiger charge is 2.18. The van der Waals surface area contributed by atoms with Crippen molar-refractivity contribution in [1.29, 1.82) is 0 Å². The van der Waals surface area contributed by atoms with Crippen LogP contribution >= 0.6 is 0 Å². The number of aromatic amines is 1. The zero-order chi connectivity index (χ0) is 24.9. The number of H-pyrrole nitrogens is 1. The van der Waals surface area contributed by atoms with Gasteiger partial charge in [0.05, 0.1) is 18.7 Å². The van der Waals surface area contributed by atoms with E-state index in [0.717, 1.165) is 22.4 Å². The Labute approximate surface area is 202 Å². The SMILES string of the molecule is CNC(=O)c1n[nH]c2cc(-c3cnc(OC)c(C(=O)NCc4ccccc4OC(C)C)c3)ccc12. The van der Waals surface area contributed by atoms with E-state index in [4.69, 9.17) is 9.47 Å². The maximum Gasteiger partial charge on any atom is 0.272 e. The Morgan fingerprint density at radius 3 is 2.60 bits per heavy atom. The molecule has 0 aliphatic rings. The molecule has 0 unspecified atom stereocenters. The van der Waals surface area contributed by atoms with E-state index < -0.39 is 0 Å². The van der Waals surface area contributed by atoms with Crippen molar-refractivity contribution >= 4 is 22.7 Å². The van der Waals surface area contributed by atoms with E-state index in [2.05, 4.69) is 25.8 Å². The number of aromatic nitrogens is 3. The highest BCUT2D eigenvalue weighted by molar-refractivity contribution is 6.05. The van der Waals surface area contributed by atoms with Gasteiger partial charge in [-0.1, -0.05) is 24.3 Å². The Bertz CT molecular complexity index is 1380. The fraction of sp³-hybridized carbons (Fsp3) is 0.231. The minimum absolute atomic E-state index is 0.0208. The maximum atomic E-state index is 13.1. The predicted octanol–water partition coefficient (Wildman–Crippen LogP) is 3.71. The highest BCUT2D eigenvalue weighted by Crippen LogP contribution is 2.28. The van der Waals surface area contributed by atoms with Gasteiger partial charge in [-0.3, -0.25) is 14.7 Å². The number of nitrogens with one attached hydrogen (secondary N) is 3. The molecule has 180 valence electrons. The van der Waals surface area contributed by atoms with Gasteiger partial charge < -0.3 is 20.1 Å². The average Bonchev–Trinajstić information content (AvgIpc) is 3.30. The summed E-state index contributed by atoms with van der Waals surface area (Å²) < 4.78 is 11.2. The molecular weight excluding hydrogens is 446 g/mol. The number of para-hydroxylation sites is 1. The largest absolute Gasteiger partial charge is 0.491 e. The predicted molar refractivity (Wildman–Crippen MR) is 133 cm³/mol. The lowest BCUT2D eigenvalue weighted by molar-refractivity contribution is 0.0942. The Morgan fingerprint density at radius 2 is 1.86 bits per heavy atom. The van der Waals surface area contributed by atoms with E-state index in [0.29, 0.717) is 22.2 Å². The molecule has 0 aliphatic carbocycles. The molecule has 0 atom stereocenters. The van der Waals surface area contributed by atoms with E-state index in [-0.39, 0.29) is 30.3 Å². The second-order valence-electron chi connectivity index (χ2n) is 8.15. The molecule has 2 aromatic carbocycles. The quantitative estimate of drug-likeness (QED) is 0.359. The summed E-state index contributed by atoms with van der Waals surface area (Å²) in [6, 6.07) is 14.9. The standard InChI is InChI=1S/C26H27N5O4/c1-15(2)35-22-8-6-5-7-17(22)13-28-24(32)20-11-18(14-29-26(20)34-4)16-9-10-19-21(12-16)30-31-23(19)25(33)27-3/h5-12,14-15H,13H2,1-4H3,(H,27,33)(H,28,32)(H,30,31). The van der Waals surface area contributed by atoms with Crippen LogP contribution in [0.1, 0.15) is 40.3 Å². The maximum absolute atomic E-state index is 13.1. The van der Waals surface area contributed by atoms with Crippen molar-refractivity contribution in [3.8, 4) is 22.8 Å². The number of pyridine rings is 1. The number of hydrogen-bond donors (Lipinski definition) is 3. The van der Waals surface area contributed by atoms with Gasteiger partial charge >= 0.3 is 0 Å². The number of rotatable bonds is 8. The zero-order valence-corrected chi connectivity index (χ0v) is 20.0. The van der Waals surface area contributed by atoms with Crippen LogP contribution in [0.25, 0.3) is 22.0 Å². The number of fused-ring (bicyclic) bond motifs is 1. The first kappa shape index (κ1) is 23.7. The van der Waals surface area contributed by atoms with Gasteiger partial charge in [-0.05, 0) is 43.7 Å². The number of ether oxygens (including phenoxy) is 2. The van der Waals surface area contributed by atoms with Crippen LogP contribution in [0.3, 0.4) is 0 Å². The van der Waals surface area contributed by atoms with Crippen LogP contribution in [0, 0.1) is 0 Å². The summed E-state index contributed by atoms with van der Waals surface area (Å²) in [7, 11) is 3.03. The normalized spacial score (nSPS) is 10.9. The molecule has 0 bridgehead atoms. The Kier molecular flexibility index (Phi) is 6.96. The molecule has 4 aromatic rings. The molecule has 0 fully saturated rings. The molecule has 9 heteroatoms. The Hall–Kier alpha value is -4.40. The van der Waals surface area contributed by atoms with Crippen LogP contribution in [0.2, 0.25) is 0 Å². The minimum atomic E-state index is -0.319. The van der Waals surface area contributed by atoms with Gasteiger partial charge in [-0.15, -0.1) is 0 Å². The molecule has 35 heavy (non-hydrogen) atoms. The number of methoxy groups -OCH3 is 1. The number of carbonyl (C=O) groups excluding carboxylic acids is 2. The molecule has 3 N–H and O–H groups in total. The van der Waals surface area contributed by atoms with Gasteiger partial charge in [0.15, 0.2) is 5.69 Å². The van der Waals surface area contributed by atoms with Crippen molar-refractivity contribution in [2.24, 2.45) is 0 Å². The van der Waals surface area contributed by atoms with Crippen LogP contribution in [-0.2, 0) is 6.54 Å². The minimum Gasteiger partial charge on any atom is -0.491 e. The molecule has 2 aromatic heterocycles. The first-order chi connectivity index (χ1) is 16.9. The van der Waals surface area contributed by atoms with Crippen molar-refractivity contribution in [1.82, 2.24) is 25.8 Å². The second kappa shape index (κ2) is 10.3. The van der Waals surface area contributed by atoms with E-state index in [1.165, 1.54) is 7.11 Å². The zero-order valence-electron chi connectivity index (χ0n) is 20.0. The van der Waals surface area contributed by atoms with Gasteiger partial charge in [-0.25, -0.2) is 4.98 Å². The van der Waals surface area contributed by atoms with Crippen LogP contribution in [0.5, 0.6) is 11.6 Å². The van der Waals surface area contributed by atoms with Gasteiger partial charge in [0.2, 0.25) is 5.88 Å². The van der Waals surface area contributed by atoms with Crippen molar-refractivity contribution in [2.75, 3.05) is 14.2 Å². The molecule has 0 aliphatic heterocycles. The molecule has 9 nitrogen and oxygen atoms in total. The van der Waals surface area contributed by atoms with E-state index >= 15 is 0 Å². The summed E-state index contributed by atoms with van der Waals surface area (Å²) >= 11 is 0. The number of amides is 2. The lowest BCUT2D eigenvalue weighted by atomic mass is 10.0. The van der Waals surface area contributed by atoms with Crippen molar-refractivity contribution in [3.05, 3.63) is 71.5 Å². The van der Waals surface area contributed by atoms with E-state index in [1.807, 2.05) is 56.3 Å². The summed E-state index contributed by atoms with van der Waals surface area (Å²) in [5, 5.41) is 13.2. The Balaban J connectivity index is 1.60. The fourth-order valence-electron chi connectivity index (χ4n) is 3.72. The summed E-state index contributed by atoms with van der Waals surface area (Å²) in [6.45, 7) is 4.20. The molecule has 0 saturated carbocycles. The van der Waals surface area contributed by atoms with E-state index in [9.17, 15) is 9.59 Å². The lowest BCUT2D eigenvalue weighted by Crippen LogP contribution is -2.24. The number of benzene rings is 2. The molecule has 0 saturated heterocycles. The van der Waals surface area contributed by atoms with Crippen molar-refractivity contribution < 1.29 is 19.1 Å². The summed E-state index contributed by atoms with van der Waals surface area (Å²) in [4.78, 5) is 29.4. The monoisotopic (exact) mass is 473 g/mol.